The highest BCUT2D eigenvalue weighted by atomic mass is 35.5. The quantitative estimate of drug-likeness (QED) is 0.885. The van der Waals surface area contributed by atoms with E-state index in [2.05, 4.69) is 5.32 Å². The van der Waals surface area contributed by atoms with Crippen molar-refractivity contribution in [3.63, 3.8) is 0 Å². The Labute approximate surface area is 106 Å². The number of hydrogen-bond donors (Lipinski definition) is 1. The molecule has 5 heteroatoms. The largest absolute Gasteiger partial charge is 0.494 e. The minimum absolute atomic E-state index is 0. The molecule has 1 aliphatic heterocycles. The van der Waals surface area contributed by atoms with Crippen molar-refractivity contribution < 1.29 is 13.5 Å². The van der Waals surface area contributed by atoms with Crippen LogP contribution >= 0.6 is 12.4 Å². The zero-order chi connectivity index (χ0) is 11.5. The predicted octanol–water partition coefficient (Wildman–Crippen LogP) is 3.21. The summed E-state index contributed by atoms with van der Waals surface area (Å²) in [7, 11) is 1.38. The van der Waals surface area contributed by atoms with Crippen LogP contribution < -0.4 is 10.1 Å². The zero-order valence-electron chi connectivity index (χ0n) is 9.63. The van der Waals surface area contributed by atoms with E-state index < -0.39 is 11.6 Å². The average molecular weight is 264 g/mol. The highest BCUT2D eigenvalue weighted by Crippen LogP contribution is 2.31. The molecule has 96 valence electrons. The highest BCUT2D eigenvalue weighted by molar-refractivity contribution is 5.85. The van der Waals surface area contributed by atoms with Crippen molar-refractivity contribution in [2.45, 2.75) is 25.3 Å². The normalized spacial score (nSPS) is 19.6. The summed E-state index contributed by atoms with van der Waals surface area (Å²) in [6.45, 7) is 0.806. The van der Waals surface area contributed by atoms with Gasteiger partial charge in [0.2, 0.25) is 0 Å². The van der Waals surface area contributed by atoms with E-state index in [0.717, 1.165) is 25.8 Å². The van der Waals surface area contributed by atoms with Crippen LogP contribution in [0.25, 0.3) is 0 Å². The van der Waals surface area contributed by atoms with E-state index >= 15 is 0 Å². The Morgan fingerprint density at radius 2 is 2.06 bits per heavy atom. The van der Waals surface area contributed by atoms with Gasteiger partial charge in [-0.2, -0.15) is 0 Å². The maximum Gasteiger partial charge on any atom is 0.172 e. The number of ether oxygens (including phenoxy) is 1. The zero-order valence-corrected chi connectivity index (χ0v) is 10.4. The second-order valence-corrected chi connectivity index (χ2v) is 3.98. The molecule has 1 fully saturated rings. The van der Waals surface area contributed by atoms with Crippen LogP contribution in [0, 0.1) is 11.6 Å². The average Bonchev–Trinajstić information content (AvgIpc) is 2.31. The highest BCUT2D eigenvalue weighted by Gasteiger charge is 2.24. The van der Waals surface area contributed by atoms with Gasteiger partial charge in [0.05, 0.1) is 7.11 Å². The number of hydrogen-bond acceptors (Lipinski definition) is 2. The van der Waals surface area contributed by atoms with Crippen LogP contribution in [0.5, 0.6) is 5.75 Å². The maximum absolute atomic E-state index is 13.9. The second kappa shape index (κ2) is 6.17. The molecule has 1 aliphatic rings. The molecular formula is C12H16ClF2NO. The first-order chi connectivity index (χ1) is 7.74. The molecule has 2 rings (SSSR count). The van der Waals surface area contributed by atoms with Crippen LogP contribution in [0.4, 0.5) is 8.78 Å². The summed E-state index contributed by atoms with van der Waals surface area (Å²) < 4.78 is 32.4. The fourth-order valence-corrected chi connectivity index (χ4v) is 2.12. The Morgan fingerprint density at radius 1 is 1.29 bits per heavy atom. The number of rotatable bonds is 2. The summed E-state index contributed by atoms with van der Waals surface area (Å²) in [4.78, 5) is 0. The standard InChI is InChI=1S/C12H15F2NO.ClH/c1-16-10-6-5-8(13)11(12(10)14)9-4-2-3-7-15-9;/h5-6,9,15H,2-4,7H2,1H3;1H/t9-;/m0./s1. The summed E-state index contributed by atoms with van der Waals surface area (Å²) in [5.74, 6) is -0.983. The third kappa shape index (κ3) is 2.87. The van der Waals surface area contributed by atoms with Gasteiger partial charge in [0.25, 0.3) is 0 Å². The molecule has 1 N–H and O–H groups in total. The summed E-state index contributed by atoms with van der Waals surface area (Å²) in [5.41, 5.74) is 0.110. The summed E-state index contributed by atoms with van der Waals surface area (Å²) in [6, 6.07) is 2.34. The molecule has 1 saturated heterocycles. The fraction of sp³-hybridized carbons (Fsp3) is 0.500. The van der Waals surface area contributed by atoms with Gasteiger partial charge in [-0.25, -0.2) is 8.78 Å². The van der Waals surface area contributed by atoms with Gasteiger partial charge in [0.15, 0.2) is 11.6 Å². The molecule has 17 heavy (non-hydrogen) atoms. The topological polar surface area (TPSA) is 21.3 Å². The van der Waals surface area contributed by atoms with Crippen molar-refractivity contribution in [1.82, 2.24) is 5.32 Å². The SMILES string of the molecule is COc1ccc(F)c([C@@H]2CCCCN2)c1F.Cl. The van der Waals surface area contributed by atoms with E-state index in [1.54, 1.807) is 0 Å². The number of methoxy groups -OCH3 is 1. The van der Waals surface area contributed by atoms with E-state index in [0.29, 0.717) is 0 Å². The number of piperidine rings is 1. The smallest absolute Gasteiger partial charge is 0.172 e. The molecule has 0 spiro atoms. The van der Waals surface area contributed by atoms with Gasteiger partial charge in [-0.05, 0) is 31.5 Å². The Morgan fingerprint density at radius 3 is 2.65 bits per heavy atom. The fourth-order valence-electron chi connectivity index (χ4n) is 2.12. The molecule has 0 bridgehead atoms. The molecule has 0 aromatic heterocycles. The van der Waals surface area contributed by atoms with E-state index in [1.165, 1.54) is 19.2 Å². The van der Waals surface area contributed by atoms with E-state index in [4.69, 9.17) is 4.74 Å². The first kappa shape index (κ1) is 14.2. The maximum atomic E-state index is 13.9. The van der Waals surface area contributed by atoms with Gasteiger partial charge in [0, 0.05) is 11.6 Å². The Bertz CT molecular complexity index is 381. The molecule has 1 atom stereocenters. The lowest BCUT2D eigenvalue weighted by molar-refractivity contribution is 0.356. The van der Waals surface area contributed by atoms with Crippen molar-refractivity contribution in [3.05, 3.63) is 29.3 Å². The third-order valence-electron chi connectivity index (χ3n) is 2.97. The lowest BCUT2D eigenvalue weighted by atomic mass is 9.96. The molecule has 0 aliphatic carbocycles. The van der Waals surface area contributed by atoms with Gasteiger partial charge in [-0.3, -0.25) is 0 Å². The minimum atomic E-state index is -0.582. The van der Waals surface area contributed by atoms with Gasteiger partial charge in [-0.1, -0.05) is 6.42 Å². The lowest BCUT2D eigenvalue weighted by Gasteiger charge is -2.25. The minimum Gasteiger partial charge on any atom is -0.494 e. The van der Waals surface area contributed by atoms with E-state index in [1.807, 2.05) is 0 Å². The summed E-state index contributed by atoms with van der Waals surface area (Å²) >= 11 is 0. The van der Waals surface area contributed by atoms with Crippen molar-refractivity contribution in [2.75, 3.05) is 13.7 Å². The Balaban J connectivity index is 0.00000144. The number of halogens is 3. The van der Waals surface area contributed by atoms with Crippen LogP contribution in [0.15, 0.2) is 12.1 Å². The van der Waals surface area contributed by atoms with Crippen molar-refractivity contribution in [3.8, 4) is 5.75 Å². The molecule has 2 nitrogen and oxygen atoms in total. The lowest BCUT2D eigenvalue weighted by Crippen LogP contribution is -2.28. The number of nitrogens with one attached hydrogen (secondary N) is 1. The van der Waals surface area contributed by atoms with Crippen LogP contribution in [-0.4, -0.2) is 13.7 Å². The predicted molar refractivity (Wildman–Crippen MR) is 64.8 cm³/mol. The van der Waals surface area contributed by atoms with Crippen LogP contribution in [0.3, 0.4) is 0 Å². The molecule has 0 unspecified atom stereocenters. The first-order valence-electron chi connectivity index (χ1n) is 5.49. The third-order valence-corrected chi connectivity index (χ3v) is 2.97. The monoisotopic (exact) mass is 263 g/mol. The van der Waals surface area contributed by atoms with Crippen LogP contribution in [0.1, 0.15) is 30.9 Å². The molecule has 0 amide bonds. The van der Waals surface area contributed by atoms with E-state index in [9.17, 15) is 8.78 Å². The first-order valence-corrected chi connectivity index (χ1v) is 5.49. The van der Waals surface area contributed by atoms with Gasteiger partial charge in [0.1, 0.15) is 5.82 Å². The van der Waals surface area contributed by atoms with Crippen LogP contribution in [-0.2, 0) is 0 Å². The van der Waals surface area contributed by atoms with Gasteiger partial charge < -0.3 is 10.1 Å². The molecule has 1 heterocycles. The Hall–Kier alpha value is -0.870. The Kier molecular flexibility index (Phi) is 5.15. The van der Waals surface area contributed by atoms with E-state index in [-0.39, 0.29) is 29.8 Å². The van der Waals surface area contributed by atoms with Crippen molar-refractivity contribution >= 4 is 12.4 Å². The molecule has 0 radical (unpaired) electrons. The van der Waals surface area contributed by atoms with Crippen molar-refractivity contribution in [1.29, 1.82) is 0 Å². The molecule has 1 aromatic rings. The molecular weight excluding hydrogens is 248 g/mol. The van der Waals surface area contributed by atoms with Crippen molar-refractivity contribution in [2.24, 2.45) is 0 Å². The molecule has 1 aromatic carbocycles. The van der Waals surface area contributed by atoms with Crippen LogP contribution in [0.2, 0.25) is 0 Å². The second-order valence-electron chi connectivity index (χ2n) is 3.98. The molecule has 0 saturated carbocycles. The summed E-state index contributed by atoms with van der Waals surface area (Å²) in [6.07, 6.45) is 2.82. The van der Waals surface area contributed by atoms with Gasteiger partial charge >= 0.3 is 0 Å². The summed E-state index contributed by atoms with van der Waals surface area (Å²) in [5, 5.41) is 3.13. The number of benzene rings is 1. The van der Waals surface area contributed by atoms with Gasteiger partial charge in [-0.15, -0.1) is 12.4 Å².